The van der Waals surface area contributed by atoms with Crippen molar-refractivity contribution < 1.29 is 86.2 Å². The van der Waals surface area contributed by atoms with Gasteiger partial charge in [-0.2, -0.15) is 0 Å². The molecule has 0 aliphatic heterocycles. The number of nitrogens with one attached hydrogen (secondary N) is 1. The van der Waals surface area contributed by atoms with Gasteiger partial charge in [-0.25, -0.2) is 0 Å². The van der Waals surface area contributed by atoms with Crippen molar-refractivity contribution in [2.45, 2.75) is 175 Å². The Labute approximate surface area is 446 Å². The Hall–Kier alpha value is -2.56. The lowest BCUT2D eigenvalue weighted by atomic mass is 9.76. The SMILES string of the molecule is CCCCCCCCCCCC(CCCCCCCCCCC(=O)O)(C(=O)O)C(=O)NCCOCCOCCOCCOCCOCCOCCOCCOCCOCCOCCOCCCC(=O)OC(C)(C)C. The summed E-state index contributed by atoms with van der Waals surface area (Å²) in [6.45, 7) is 17.7. The van der Waals surface area contributed by atoms with Crippen molar-refractivity contribution >= 4 is 23.8 Å². The van der Waals surface area contributed by atoms with E-state index in [0.29, 0.717) is 184 Å². The second-order valence-corrected chi connectivity index (χ2v) is 19.4. The lowest BCUT2D eigenvalue weighted by Crippen LogP contribution is -2.47. The van der Waals surface area contributed by atoms with Gasteiger partial charge < -0.3 is 72.4 Å². The molecule has 0 aromatic rings. The zero-order chi connectivity index (χ0) is 54.3. The number of unbranched alkanes of at least 4 members (excludes halogenated alkanes) is 15. The smallest absolute Gasteiger partial charge is 0.319 e. The molecule has 1 unspecified atom stereocenters. The van der Waals surface area contributed by atoms with E-state index in [4.69, 9.17) is 61.9 Å². The van der Waals surface area contributed by atoms with E-state index < -0.39 is 28.9 Å². The minimum absolute atomic E-state index is 0.212. The summed E-state index contributed by atoms with van der Waals surface area (Å²) in [5.41, 5.74) is -1.91. The Morgan fingerprint density at radius 1 is 0.365 bits per heavy atom. The molecule has 0 spiro atoms. The van der Waals surface area contributed by atoms with Gasteiger partial charge in [0.05, 0.1) is 139 Å². The molecule has 19 nitrogen and oxygen atoms in total. The molecule has 74 heavy (non-hydrogen) atoms. The van der Waals surface area contributed by atoms with E-state index in [-0.39, 0.29) is 25.5 Å². The Bertz CT molecular complexity index is 1270. The average Bonchev–Trinajstić information content (AvgIpc) is 3.35. The highest BCUT2D eigenvalue weighted by molar-refractivity contribution is 6.01. The Morgan fingerprint density at radius 2 is 0.662 bits per heavy atom. The molecule has 0 aliphatic rings. The molecule has 0 bridgehead atoms. The first-order valence-corrected chi connectivity index (χ1v) is 28.2. The molecular weight excluding hydrogens is 963 g/mol. The van der Waals surface area contributed by atoms with Crippen LogP contribution in [0.5, 0.6) is 0 Å². The number of carbonyl (C=O) groups is 4. The second kappa shape index (κ2) is 53.8. The average molecular weight is 1070 g/mol. The largest absolute Gasteiger partial charge is 0.481 e. The number of esters is 1. The summed E-state index contributed by atoms with van der Waals surface area (Å²) >= 11 is 0. The van der Waals surface area contributed by atoms with Crippen LogP contribution in [-0.4, -0.2) is 192 Å². The molecule has 3 N–H and O–H groups in total. The zero-order valence-corrected chi connectivity index (χ0v) is 46.7. The number of aliphatic carboxylic acids is 2. The van der Waals surface area contributed by atoms with Crippen LogP contribution in [0.2, 0.25) is 0 Å². The van der Waals surface area contributed by atoms with Crippen molar-refractivity contribution in [3.8, 4) is 0 Å². The van der Waals surface area contributed by atoms with Crippen molar-refractivity contribution in [1.29, 1.82) is 0 Å². The van der Waals surface area contributed by atoms with E-state index in [2.05, 4.69) is 12.2 Å². The monoisotopic (exact) mass is 1070 g/mol. The summed E-state index contributed by atoms with van der Waals surface area (Å²) in [7, 11) is 0. The molecule has 438 valence electrons. The minimum atomic E-state index is -1.45. The van der Waals surface area contributed by atoms with Gasteiger partial charge in [-0.1, -0.05) is 110 Å². The predicted octanol–water partition coefficient (Wildman–Crippen LogP) is 8.38. The Kier molecular flexibility index (Phi) is 52.0. The minimum Gasteiger partial charge on any atom is -0.481 e. The highest BCUT2D eigenvalue weighted by Gasteiger charge is 2.44. The third kappa shape index (κ3) is 50.3. The van der Waals surface area contributed by atoms with E-state index in [9.17, 15) is 24.3 Å². The van der Waals surface area contributed by atoms with Gasteiger partial charge in [0.1, 0.15) is 11.0 Å². The summed E-state index contributed by atoms with van der Waals surface area (Å²) in [5.74, 6) is -2.44. The molecule has 0 aromatic heterocycles. The van der Waals surface area contributed by atoms with E-state index in [1.807, 2.05) is 20.8 Å². The van der Waals surface area contributed by atoms with E-state index >= 15 is 0 Å². The van der Waals surface area contributed by atoms with Gasteiger partial charge in [-0.3, -0.25) is 19.2 Å². The summed E-state index contributed by atoms with van der Waals surface area (Å²) in [4.78, 5) is 48.6. The zero-order valence-electron chi connectivity index (χ0n) is 46.7. The fourth-order valence-corrected chi connectivity index (χ4v) is 7.58. The van der Waals surface area contributed by atoms with Gasteiger partial charge in [0.25, 0.3) is 0 Å². The third-order valence-electron chi connectivity index (χ3n) is 11.6. The van der Waals surface area contributed by atoms with Crippen LogP contribution in [0.15, 0.2) is 0 Å². The first-order valence-electron chi connectivity index (χ1n) is 28.2. The van der Waals surface area contributed by atoms with Crippen molar-refractivity contribution in [2.24, 2.45) is 5.41 Å². The summed E-state index contributed by atoms with van der Waals surface area (Å²) < 4.78 is 66.1. The van der Waals surface area contributed by atoms with Gasteiger partial charge in [0.15, 0.2) is 0 Å². The van der Waals surface area contributed by atoms with Gasteiger partial charge in [0.2, 0.25) is 5.91 Å². The molecular formula is C55H105NO18. The van der Waals surface area contributed by atoms with Crippen LogP contribution in [0.4, 0.5) is 0 Å². The first kappa shape index (κ1) is 71.4. The Balaban J connectivity index is 3.77. The normalized spacial score (nSPS) is 12.5. The van der Waals surface area contributed by atoms with Crippen LogP contribution in [0, 0.1) is 5.41 Å². The first-order chi connectivity index (χ1) is 35.9. The van der Waals surface area contributed by atoms with Crippen LogP contribution < -0.4 is 5.32 Å². The second-order valence-electron chi connectivity index (χ2n) is 19.4. The van der Waals surface area contributed by atoms with Gasteiger partial charge in [0, 0.05) is 26.0 Å². The predicted molar refractivity (Wildman–Crippen MR) is 283 cm³/mol. The molecule has 0 aliphatic carbocycles. The number of hydrogen-bond donors (Lipinski definition) is 3. The van der Waals surface area contributed by atoms with Gasteiger partial charge >= 0.3 is 17.9 Å². The quantitative estimate of drug-likeness (QED) is 0.0295. The fourth-order valence-electron chi connectivity index (χ4n) is 7.58. The van der Waals surface area contributed by atoms with E-state index in [1.54, 1.807) is 0 Å². The molecule has 0 fully saturated rings. The molecule has 0 radical (unpaired) electrons. The molecule has 0 saturated carbocycles. The van der Waals surface area contributed by atoms with Crippen molar-refractivity contribution in [2.75, 3.05) is 152 Å². The lowest BCUT2D eigenvalue weighted by molar-refractivity contribution is -0.158. The maximum atomic E-state index is 13.5. The Morgan fingerprint density at radius 3 is 0.973 bits per heavy atom. The van der Waals surface area contributed by atoms with Crippen LogP contribution in [0.1, 0.15) is 169 Å². The highest BCUT2D eigenvalue weighted by Crippen LogP contribution is 2.33. The molecule has 1 atom stereocenters. The molecule has 1 amide bonds. The fraction of sp³-hybridized carbons (Fsp3) is 0.927. The van der Waals surface area contributed by atoms with E-state index in [0.717, 1.165) is 57.8 Å². The van der Waals surface area contributed by atoms with Crippen molar-refractivity contribution in [3.05, 3.63) is 0 Å². The molecule has 0 aromatic carbocycles. The van der Waals surface area contributed by atoms with E-state index in [1.165, 1.54) is 32.1 Å². The van der Waals surface area contributed by atoms with Crippen molar-refractivity contribution in [3.63, 3.8) is 0 Å². The van der Waals surface area contributed by atoms with Gasteiger partial charge in [-0.05, 0) is 46.5 Å². The molecule has 0 heterocycles. The lowest BCUT2D eigenvalue weighted by Gasteiger charge is -2.28. The summed E-state index contributed by atoms with van der Waals surface area (Å²) in [6, 6.07) is 0. The third-order valence-corrected chi connectivity index (χ3v) is 11.6. The topological polar surface area (TPSA) is 232 Å². The molecule has 19 heteroatoms. The standard InChI is InChI=1S/C55H105NO18/c1-5-6-7-8-9-11-14-17-20-25-55(53(61)62,26-21-18-15-12-10-13-16-19-23-50(57)58)52(60)56-27-29-64-31-33-66-35-37-68-39-41-70-43-45-72-47-49-73-48-46-71-44-42-69-40-38-67-36-34-65-32-30-63-28-22-24-51(59)74-54(2,3)4/h5-49H2,1-4H3,(H,56,60)(H,57,58)(H,61,62). The van der Waals surface area contributed by atoms with Crippen LogP contribution in [0.25, 0.3) is 0 Å². The number of amides is 1. The van der Waals surface area contributed by atoms with Gasteiger partial charge in [-0.15, -0.1) is 0 Å². The summed E-state index contributed by atoms with van der Waals surface area (Å²) in [6.07, 6.45) is 19.0. The number of rotatable bonds is 60. The number of hydrogen-bond acceptors (Lipinski definition) is 16. The number of ether oxygens (including phenoxy) is 12. The number of carboxylic acid groups (broad SMARTS) is 2. The summed E-state index contributed by atoms with van der Waals surface area (Å²) in [5, 5.41) is 22.1. The number of carbonyl (C=O) groups excluding carboxylic acids is 2. The highest BCUT2D eigenvalue weighted by atomic mass is 16.6. The van der Waals surface area contributed by atoms with Crippen molar-refractivity contribution in [1.82, 2.24) is 5.32 Å². The van der Waals surface area contributed by atoms with Crippen LogP contribution in [0.3, 0.4) is 0 Å². The van der Waals surface area contributed by atoms with Crippen LogP contribution in [-0.2, 0) is 76.0 Å². The molecule has 0 saturated heterocycles. The maximum Gasteiger partial charge on any atom is 0.319 e. The van der Waals surface area contributed by atoms with Crippen LogP contribution >= 0.6 is 0 Å². The molecule has 0 rings (SSSR count). The number of carboxylic acids is 2. The maximum absolute atomic E-state index is 13.5.